The minimum Gasteiger partial charge on any atom is -0.444 e. The van der Waals surface area contributed by atoms with Crippen LogP contribution in [0.5, 0.6) is 0 Å². The van der Waals surface area contributed by atoms with Crippen LogP contribution in [-0.2, 0) is 36.4 Å². The number of aryl methyl sites for hydroxylation is 1. The molecule has 2 aliphatic rings. The lowest BCUT2D eigenvalue weighted by Gasteiger charge is -2.45. The molecule has 14 heteroatoms. The smallest absolute Gasteiger partial charge is 0.410 e. The Kier molecular flexibility index (Phi) is 15.0. The second-order valence-electron chi connectivity index (χ2n) is 18.8. The van der Waals surface area contributed by atoms with Gasteiger partial charge in [0.25, 0.3) is 0 Å². The maximum atomic E-state index is 15.1. The molecule has 0 aliphatic carbocycles. The zero-order chi connectivity index (χ0) is 43.4. The van der Waals surface area contributed by atoms with E-state index in [0.717, 1.165) is 11.6 Å². The molecule has 58 heavy (non-hydrogen) atoms. The lowest BCUT2D eigenvalue weighted by atomic mass is 9.81. The Morgan fingerprint density at radius 2 is 1.64 bits per heavy atom. The van der Waals surface area contributed by atoms with E-state index in [1.165, 1.54) is 24.0 Å². The van der Waals surface area contributed by atoms with E-state index in [-0.39, 0.29) is 60.7 Å². The van der Waals surface area contributed by atoms with Crippen molar-refractivity contribution in [3.8, 4) is 0 Å². The molecule has 2 unspecified atom stereocenters. The fourth-order valence-corrected chi connectivity index (χ4v) is 9.29. The van der Waals surface area contributed by atoms with Gasteiger partial charge in [-0.05, 0) is 100 Å². The Morgan fingerprint density at radius 1 is 1.02 bits per heavy atom. The molecule has 11 nitrogen and oxygen atoms in total. The van der Waals surface area contributed by atoms with Crippen molar-refractivity contribution in [2.45, 2.75) is 160 Å². The molecule has 2 aromatic rings. The van der Waals surface area contributed by atoms with Crippen molar-refractivity contribution in [3.63, 3.8) is 0 Å². The highest BCUT2D eigenvalue weighted by Crippen LogP contribution is 2.40. The molecule has 4 rings (SSSR count). The molecule has 7 atom stereocenters. The van der Waals surface area contributed by atoms with Crippen LogP contribution in [0, 0.1) is 17.6 Å². The Hall–Kier alpha value is -3.88. The molecule has 0 spiro atoms. The van der Waals surface area contributed by atoms with Crippen LogP contribution in [0.2, 0.25) is 18.1 Å². The third-order valence-electron chi connectivity index (χ3n) is 12.1. The maximum Gasteiger partial charge on any atom is 0.410 e. The fraction of sp³-hybridized carbons (Fsp3) is 0.636. The van der Waals surface area contributed by atoms with Gasteiger partial charge in [0.05, 0.1) is 30.8 Å². The first-order valence-corrected chi connectivity index (χ1v) is 23.5. The average Bonchev–Trinajstić information content (AvgIpc) is 3.65. The largest absolute Gasteiger partial charge is 0.444 e. The first-order chi connectivity index (χ1) is 26.9. The standard InChI is InChI=1S/C44H66F2N4O7Si/c1-12-28(2)44(48-29(3)51)20-21-49(40(44)54)36(19-18-30-16-14-13-15-17-30)39(53)47-35(24-31-22-32(45)25-33(46)23-31)38(57-58(10,11)43(7,8)9)37-26-34(52)27-50(37)41(55)56-42(4,5)6/h13-17,22-23,25,28,34-38,52H,12,18-21,24,26-27H2,1-11H3,(H,47,53)(H,48,51)/t28-,34-,35+,36?,37-,38+,44?/m1/s1. The van der Waals surface area contributed by atoms with E-state index >= 15 is 4.79 Å². The molecule has 2 aliphatic heterocycles. The number of likely N-dealkylation sites (tertiary alicyclic amines) is 2. The molecule has 2 heterocycles. The van der Waals surface area contributed by atoms with Crippen molar-refractivity contribution >= 4 is 32.1 Å². The Balaban J connectivity index is 1.86. The number of amides is 4. The first-order valence-electron chi connectivity index (χ1n) is 20.6. The number of benzene rings is 2. The number of β-amino-alcohol motifs (C(OH)–C–C–N with tert-alkyl or cyclic N) is 1. The van der Waals surface area contributed by atoms with E-state index in [1.54, 1.807) is 25.7 Å². The Bertz CT molecular complexity index is 1750. The van der Waals surface area contributed by atoms with E-state index in [4.69, 9.17) is 9.16 Å². The first kappa shape index (κ1) is 46.8. The second kappa shape index (κ2) is 18.6. The normalized spacial score (nSPS) is 22.3. The Labute approximate surface area is 344 Å². The number of aliphatic hydroxyl groups excluding tert-OH is 1. The summed E-state index contributed by atoms with van der Waals surface area (Å²) in [5, 5.41) is 16.9. The molecular weight excluding hydrogens is 763 g/mol. The van der Waals surface area contributed by atoms with Crippen LogP contribution in [0.4, 0.5) is 13.6 Å². The zero-order valence-corrected chi connectivity index (χ0v) is 37.3. The van der Waals surface area contributed by atoms with E-state index in [2.05, 4.69) is 31.4 Å². The number of halogens is 2. The lowest BCUT2D eigenvalue weighted by Crippen LogP contribution is -2.63. The van der Waals surface area contributed by atoms with Gasteiger partial charge in [0.15, 0.2) is 8.32 Å². The number of hydrogen-bond donors (Lipinski definition) is 3. The van der Waals surface area contributed by atoms with Crippen LogP contribution in [0.1, 0.15) is 99.1 Å². The Morgan fingerprint density at radius 3 is 2.19 bits per heavy atom. The molecule has 2 aromatic carbocycles. The highest BCUT2D eigenvalue weighted by atomic mass is 28.4. The number of ether oxygens (including phenoxy) is 1. The molecule has 0 aromatic heterocycles. The molecule has 3 N–H and O–H groups in total. The minimum atomic E-state index is -2.76. The van der Waals surface area contributed by atoms with Gasteiger partial charge in [-0.2, -0.15) is 0 Å². The summed E-state index contributed by atoms with van der Waals surface area (Å²) in [5.74, 6) is -3.02. The molecule has 0 radical (unpaired) electrons. The summed E-state index contributed by atoms with van der Waals surface area (Å²) < 4.78 is 42.6. The summed E-state index contributed by atoms with van der Waals surface area (Å²) in [7, 11) is -2.76. The van der Waals surface area contributed by atoms with Crippen LogP contribution < -0.4 is 10.6 Å². The highest BCUT2D eigenvalue weighted by Gasteiger charge is 2.54. The predicted molar refractivity (Wildman–Crippen MR) is 222 cm³/mol. The van der Waals surface area contributed by atoms with Crippen LogP contribution in [0.15, 0.2) is 48.5 Å². The number of rotatable bonds is 15. The van der Waals surface area contributed by atoms with Gasteiger partial charge in [-0.1, -0.05) is 71.4 Å². The van der Waals surface area contributed by atoms with Crippen molar-refractivity contribution in [2.24, 2.45) is 5.92 Å². The minimum absolute atomic E-state index is 0.0466. The predicted octanol–water partition coefficient (Wildman–Crippen LogP) is 6.91. The number of aliphatic hydroxyl groups is 1. The molecule has 0 bridgehead atoms. The third kappa shape index (κ3) is 11.4. The molecule has 0 saturated carbocycles. The number of carbonyl (C=O) groups excluding carboxylic acids is 4. The van der Waals surface area contributed by atoms with Gasteiger partial charge in [-0.3, -0.25) is 19.3 Å². The van der Waals surface area contributed by atoms with E-state index in [0.29, 0.717) is 19.3 Å². The van der Waals surface area contributed by atoms with Crippen LogP contribution in [0.25, 0.3) is 0 Å². The molecule has 4 amide bonds. The summed E-state index contributed by atoms with van der Waals surface area (Å²) in [6.07, 6.45) is -0.983. The van der Waals surface area contributed by atoms with Crippen molar-refractivity contribution in [3.05, 3.63) is 71.3 Å². The quantitative estimate of drug-likeness (QED) is 0.166. The SMILES string of the molecule is CC[C@@H](C)C1(NC(C)=O)CCN(C(CCc2ccccc2)C(=O)N[C@@H](Cc2cc(F)cc(F)c2)[C@H](O[Si](C)(C)C(C)(C)C)[C@H]2C[C@@H](O)CN2C(=O)OC(C)(C)C)C1=O. The molecular formula is C44H66F2N4O7Si. The topological polar surface area (TPSA) is 138 Å². The number of hydrogen-bond acceptors (Lipinski definition) is 7. The second-order valence-corrected chi connectivity index (χ2v) is 23.5. The van der Waals surface area contributed by atoms with Gasteiger partial charge in [0.2, 0.25) is 17.7 Å². The average molecular weight is 829 g/mol. The summed E-state index contributed by atoms with van der Waals surface area (Å²) in [6, 6.07) is 9.95. The molecule has 322 valence electrons. The third-order valence-corrected chi connectivity index (χ3v) is 16.6. The van der Waals surface area contributed by atoms with Crippen LogP contribution in [0.3, 0.4) is 0 Å². The van der Waals surface area contributed by atoms with Gasteiger partial charge >= 0.3 is 6.09 Å². The van der Waals surface area contributed by atoms with Gasteiger partial charge < -0.3 is 29.8 Å². The van der Waals surface area contributed by atoms with Gasteiger partial charge in [0, 0.05) is 19.5 Å². The van der Waals surface area contributed by atoms with Crippen molar-refractivity contribution in [2.75, 3.05) is 13.1 Å². The van der Waals surface area contributed by atoms with E-state index in [1.807, 2.05) is 57.3 Å². The number of nitrogens with zero attached hydrogens (tertiary/aromatic N) is 2. The van der Waals surface area contributed by atoms with Crippen molar-refractivity contribution in [1.82, 2.24) is 20.4 Å². The van der Waals surface area contributed by atoms with Gasteiger partial charge in [0.1, 0.15) is 28.8 Å². The number of carbonyl (C=O) groups is 4. The molecule has 2 fully saturated rings. The van der Waals surface area contributed by atoms with Gasteiger partial charge in [-0.25, -0.2) is 13.6 Å². The van der Waals surface area contributed by atoms with Crippen LogP contribution >= 0.6 is 0 Å². The highest BCUT2D eigenvalue weighted by molar-refractivity contribution is 6.74. The fourth-order valence-electron chi connectivity index (χ4n) is 7.94. The maximum absolute atomic E-state index is 15.1. The number of nitrogens with one attached hydrogen (secondary N) is 2. The lowest BCUT2D eigenvalue weighted by molar-refractivity contribution is -0.144. The van der Waals surface area contributed by atoms with Crippen molar-refractivity contribution < 1.29 is 42.2 Å². The zero-order valence-electron chi connectivity index (χ0n) is 36.3. The van der Waals surface area contributed by atoms with Crippen LogP contribution in [-0.4, -0.2) is 102 Å². The van der Waals surface area contributed by atoms with E-state index in [9.17, 15) is 28.3 Å². The van der Waals surface area contributed by atoms with E-state index < -0.39 is 73.4 Å². The summed E-state index contributed by atoms with van der Waals surface area (Å²) in [6.45, 7) is 20.9. The summed E-state index contributed by atoms with van der Waals surface area (Å²) in [5.41, 5.74) is -0.853. The monoisotopic (exact) mass is 828 g/mol. The van der Waals surface area contributed by atoms with Crippen molar-refractivity contribution in [1.29, 1.82) is 0 Å². The summed E-state index contributed by atoms with van der Waals surface area (Å²) >= 11 is 0. The summed E-state index contributed by atoms with van der Waals surface area (Å²) in [4.78, 5) is 59.1. The van der Waals surface area contributed by atoms with Gasteiger partial charge in [-0.15, -0.1) is 0 Å². The molecule has 2 saturated heterocycles.